The van der Waals surface area contributed by atoms with E-state index in [1.54, 1.807) is 0 Å². The summed E-state index contributed by atoms with van der Waals surface area (Å²) in [7, 11) is 0. The number of fused-ring (bicyclic) bond motifs is 1. The van der Waals surface area contributed by atoms with Gasteiger partial charge in [-0.25, -0.2) is 0 Å². The van der Waals surface area contributed by atoms with Crippen molar-refractivity contribution < 1.29 is 4.79 Å². The molecule has 6 heteroatoms. The zero-order chi connectivity index (χ0) is 14.5. The van der Waals surface area contributed by atoms with Crippen LogP contribution in [0, 0.1) is 0 Å². The Kier molecular flexibility index (Phi) is 9.49. The topological polar surface area (TPSA) is 44.4 Å². The summed E-state index contributed by atoms with van der Waals surface area (Å²) in [5, 5.41) is 6.40. The highest BCUT2D eigenvalue weighted by molar-refractivity contribution is 5.95. The third-order valence-corrected chi connectivity index (χ3v) is 3.88. The lowest BCUT2D eigenvalue weighted by Crippen LogP contribution is -2.41. The second-order valence-corrected chi connectivity index (χ2v) is 5.41. The SMILES string of the molecule is CCN(CC)CC(C)NC(=O)c1ccc2c(c1)CCN2.Cl.Cl. The number of benzene rings is 1. The molecule has 1 aromatic carbocycles. The molecule has 0 aromatic heterocycles. The van der Waals surface area contributed by atoms with Crippen LogP contribution in [0.3, 0.4) is 0 Å². The summed E-state index contributed by atoms with van der Waals surface area (Å²) in [5.41, 5.74) is 3.17. The number of anilines is 1. The van der Waals surface area contributed by atoms with E-state index in [1.807, 2.05) is 18.2 Å². The molecule has 0 bridgehead atoms. The number of nitrogens with zero attached hydrogens (tertiary/aromatic N) is 1. The molecule has 0 saturated heterocycles. The molecule has 0 radical (unpaired) electrons. The number of hydrogen-bond acceptors (Lipinski definition) is 3. The molecule has 1 aliphatic rings. The lowest BCUT2D eigenvalue weighted by atomic mass is 10.1. The smallest absolute Gasteiger partial charge is 0.251 e. The van der Waals surface area contributed by atoms with Crippen LogP contribution in [-0.4, -0.2) is 43.0 Å². The number of carbonyl (C=O) groups excluding carboxylic acids is 1. The summed E-state index contributed by atoms with van der Waals surface area (Å²) in [6.07, 6.45) is 1.01. The molecule has 22 heavy (non-hydrogen) atoms. The van der Waals surface area contributed by atoms with Crippen LogP contribution in [0.2, 0.25) is 0 Å². The molecule has 1 aliphatic heterocycles. The van der Waals surface area contributed by atoms with Gasteiger partial charge in [-0.15, -0.1) is 24.8 Å². The maximum Gasteiger partial charge on any atom is 0.251 e. The molecule has 2 rings (SSSR count). The van der Waals surface area contributed by atoms with Gasteiger partial charge < -0.3 is 15.5 Å². The fourth-order valence-corrected chi connectivity index (χ4v) is 2.67. The van der Waals surface area contributed by atoms with Crippen LogP contribution in [0.5, 0.6) is 0 Å². The fraction of sp³-hybridized carbons (Fsp3) is 0.562. The predicted octanol–water partition coefficient (Wildman–Crippen LogP) is 2.96. The van der Waals surface area contributed by atoms with E-state index in [-0.39, 0.29) is 36.8 Å². The van der Waals surface area contributed by atoms with Crippen molar-refractivity contribution in [3.63, 3.8) is 0 Å². The maximum atomic E-state index is 12.3. The van der Waals surface area contributed by atoms with Crippen LogP contribution in [0.4, 0.5) is 5.69 Å². The molecule has 1 unspecified atom stereocenters. The van der Waals surface area contributed by atoms with Gasteiger partial charge in [-0.05, 0) is 50.2 Å². The van der Waals surface area contributed by atoms with Crippen LogP contribution in [0.1, 0.15) is 36.7 Å². The standard InChI is InChI=1S/C16H25N3O.2ClH/c1-4-19(5-2)11-12(3)18-16(20)14-6-7-15-13(10-14)8-9-17-15;;/h6-7,10,12,17H,4-5,8-9,11H2,1-3H3,(H,18,20);2*1H. The minimum Gasteiger partial charge on any atom is -0.384 e. The van der Waals surface area contributed by atoms with E-state index >= 15 is 0 Å². The molecule has 1 heterocycles. The number of hydrogen-bond donors (Lipinski definition) is 2. The number of halogens is 2. The highest BCUT2D eigenvalue weighted by atomic mass is 35.5. The molecule has 1 aromatic rings. The first kappa shape index (κ1) is 21.0. The Bertz CT molecular complexity index is 478. The van der Waals surface area contributed by atoms with E-state index in [0.29, 0.717) is 0 Å². The molecule has 4 nitrogen and oxygen atoms in total. The predicted molar refractivity (Wildman–Crippen MR) is 97.8 cm³/mol. The number of rotatable bonds is 6. The van der Waals surface area contributed by atoms with Gasteiger partial charge in [-0.1, -0.05) is 13.8 Å². The average Bonchev–Trinajstić information content (AvgIpc) is 2.91. The van der Waals surface area contributed by atoms with Crippen LogP contribution in [0.25, 0.3) is 0 Å². The lowest BCUT2D eigenvalue weighted by Gasteiger charge is -2.23. The molecule has 2 N–H and O–H groups in total. The molecule has 1 amide bonds. The number of amides is 1. The van der Waals surface area contributed by atoms with Crippen LogP contribution in [-0.2, 0) is 6.42 Å². The van der Waals surface area contributed by atoms with Crippen molar-refractivity contribution in [2.75, 3.05) is 31.5 Å². The fourth-order valence-electron chi connectivity index (χ4n) is 2.67. The van der Waals surface area contributed by atoms with Gasteiger partial charge in [0, 0.05) is 30.4 Å². The van der Waals surface area contributed by atoms with E-state index in [2.05, 4.69) is 36.3 Å². The quantitative estimate of drug-likeness (QED) is 0.831. The average molecular weight is 348 g/mol. The van der Waals surface area contributed by atoms with E-state index in [0.717, 1.165) is 43.9 Å². The molecule has 0 spiro atoms. The van der Waals surface area contributed by atoms with Crippen molar-refractivity contribution in [2.45, 2.75) is 33.2 Å². The van der Waals surface area contributed by atoms with Gasteiger partial charge in [0.2, 0.25) is 0 Å². The largest absolute Gasteiger partial charge is 0.384 e. The van der Waals surface area contributed by atoms with Gasteiger partial charge in [0.1, 0.15) is 0 Å². The monoisotopic (exact) mass is 347 g/mol. The van der Waals surface area contributed by atoms with Crippen LogP contribution in [0.15, 0.2) is 18.2 Å². The molecule has 1 atom stereocenters. The van der Waals surface area contributed by atoms with E-state index in [4.69, 9.17) is 0 Å². The maximum absolute atomic E-state index is 12.3. The van der Waals surface area contributed by atoms with Gasteiger partial charge in [0.15, 0.2) is 0 Å². The molecule has 0 aliphatic carbocycles. The van der Waals surface area contributed by atoms with Gasteiger partial charge in [0.25, 0.3) is 5.91 Å². The first-order valence-corrected chi connectivity index (χ1v) is 7.54. The van der Waals surface area contributed by atoms with Crippen LogP contribution < -0.4 is 10.6 Å². The van der Waals surface area contributed by atoms with Crippen molar-refractivity contribution in [1.82, 2.24) is 10.2 Å². The molecule has 0 fully saturated rings. The zero-order valence-electron chi connectivity index (χ0n) is 13.5. The first-order valence-electron chi connectivity index (χ1n) is 7.54. The van der Waals surface area contributed by atoms with Crippen LogP contribution >= 0.6 is 24.8 Å². The Morgan fingerprint density at radius 1 is 1.32 bits per heavy atom. The zero-order valence-corrected chi connectivity index (χ0v) is 15.1. The van der Waals surface area contributed by atoms with E-state index < -0.39 is 0 Å². The second kappa shape index (κ2) is 9.93. The second-order valence-electron chi connectivity index (χ2n) is 5.41. The van der Waals surface area contributed by atoms with E-state index in [9.17, 15) is 4.79 Å². The van der Waals surface area contributed by atoms with Gasteiger partial charge in [0.05, 0.1) is 0 Å². The summed E-state index contributed by atoms with van der Waals surface area (Å²) in [4.78, 5) is 14.6. The number of nitrogens with one attached hydrogen (secondary N) is 2. The third-order valence-electron chi connectivity index (χ3n) is 3.88. The Labute approximate surface area is 145 Å². The molecular weight excluding hydrogens is 321 g/mol. The van der Waals surface area contributed by atoms with Gasteiger partial charge >= 0.3 is 0 Å². The minimum absolute atomic E-state index is 0. The first-order chi connectivity index (χ1) is 9.63. The van der Waals surface area contributed by atoms with Crippen molar-refractivity contribution in [2.24, 2.45) is 0 Å². The Balaban J connectivity index is 0.00000220. The van der Waals surface area contributed by atoms with Crippen molar-refractivity contribution in [3.8, 4) is 0 Å². The molecule has 126 valence electrons. The normalized spacial score (nSPS) is 13.5. The Morgan fingerprint density at radius 2 is 2.00 bits per heavy atom. The van der Waals surface area contributed by atoms with Gasteiger partial charge in [-0.2, -0.15) is 0 Å². The highest BCUT2D eigenvalue weighted by Gasteiger charge is 2.15. The number of likely N-dealkylation sites (N-methyl/N-ethyl adjacent to an activating group) is 1. The summed E-state index contributed by atoms with van der Waals surface area (Å²) in [6.45, 7) is 10.2. The molecular formula is C16H27Cl2N3O. The third kappa shape index (κ3) is 5.34. The summed E-state index contributed by atoms with van der Waals surface area (Å²) < 4.78 is 0. The highest BCUT2D eigenvalue weighted by Crippen LogP contribution is 2.22. The minimum atomic E-state index is 0. The number of carbonyl (C=O) groups is 1. The summed E-state index contributed by atoms with van der Waals surface area (Å²) in [6, 6.07) is 6.08. The van der Waals surface area contributed by atoms with Gasteiger partial charge in [-0.3, -0.25) is 4.79 Å². The van der Waals surface area contributed by atoms with Crippen molar-refractivity contribution in [3.05, 3.63) is 29.3 Å². The van der Waals surface area contributed by atoms with E-state index in [1.165, 1.54) is 5.56 Å². The lowest BCUT2D eigenvalue weighted by molar-refractivity contribution is 0.0930. The van der Waals surface area contributed by atoms with Crippen molar-refractivity contribution in [1.29, 1.82) is 0 Å². The molecule has 0 saturated carbocycles. The van der Waals surface area contributed by atoms with Crippen molar-refractivity contribution >= 4 is 36.4 Å². The summed E-state index contributed by atoms with van der Waals surface area (Å²) in [5.74, 6) is 0.0272. The Morgan fingerprint density at radius 3 is 2.64 bits per heavy atom. The summed E-state index contributed by atoms with van der Waals surface area (Å²) >= 11 is 0. The Hall–Kier alpha value is -0.970.